The second-order valence-corrected chi connectivity index (χ2v) is 4.47. The Kier molecular flexibility index (Phi) is 4.14. The fourth-order valence-electron chi connectivity index (χ4n) is 2.38. The van der Waals surface area contributed by atoms with Gasteiger partial charge < -0.3 is 10.1 Å². The van der Waals surface area contributed by atoms with Gasteiger partial charge in [0.05, 0.1) is 6.61 Å². The van der Waals surface area contributed by atoms with E-state index in [1.165, 1.54) is 12.1 Å². The molecule has 102 valence electrons. The molecule has 0 aromatic heterocycles. The SMILES string of the molecule is CCOC(=O)C1C(=O)NCCC1c1ccc(F)cc1. The lowest BCUT2D eigenvalue weighted by Gasteiger charge is -2.29. The molecule has 1 N–H and O–H groups in total. The molecule has 1 aromatic carbocycles. The first-order chi connectivity index (χ1) is 9.13. The van der Waals surface area contributed by atoms with Crippen molar-refractivity contribution in [2.24, 2.45) is 5.92 Å². The molecule has 2 rings (SSSR count). The molecule has 1 amide bonds. The van der Waals surface area contributed by atoms with Crippen molar-refractivity contribution < 1.29 is 18.7 Å². The maximum Gasteiger partial charge on any atom is 0.319 e. The van der Waals surface area contributed by atoms with E-state index >= 15 is 0 Å². The predicted octanol–water partition coefficient (Wildman–Crippen LogP) is 1.61. The lowest BCUT2D eigenvalue weighted by molar-refractivity contribution is -0.154. The zero-order valence-corrected chi connectivity index (χ0v) is 10.7. The van der Waals surface area contributed by atoms with E-state index in [1.54, 1.807) is 19.1 Å². The van der Waals surface area contributed by atoms with Crippen LogP contribution in [0.4, 0.5) is 4.39 Å². The van der Waals surface area contributed by atoms with E-state index in [9.17, 15) is 14.0 Å². The molecule has 19 heavy (non-hydrogen) atoms. The van der Waals surface area contributed by atoms with Gasteiger partial charge in [-0.3, -0.25) is 9.59 Å². The highest BCUT2D eigenvalue weighted by Crippen LogP contribution is 2.31. The molecule has 4 nitrogen and oxygen atoms in total. The lowest BCUT2D eigenvalue weighted by atomic mass is 9.80. The van der Waals surface area contributed by atoms with Gasteiger partial charge in [0.1, 0.15) is 11.7 Å². The zero-order valence-electron chi connectivity index (χ0n) is 10.7. The molecule has 1 aliphatic heterocycles. The lowest BCUT2D eigenvalue weighted by Crippen LogP contribution is -2.45. The molecule has 0 bridgehead atoms. The third-order valence-electron chi connectivity index (χ3n) is 3.28. The van der Waals surface area contributed by atoms with Crippen LogP contribution in [0.25, 0.3) is 0 Å². The molecule has 1 heterocycles. The molecule has 2 atom stereocenters. The van der Waals surface area contributed by atoms with E-state index in [4.69, 9.17) is 4.74 Å². The number of carbonyl (C=O) groups is 2. The minimum absolute atomic E-state index is 0.235. The van der Waals surface area contributed by atoms with Crippen molar-refractivity contribution in [1.82, 2.24) is 5.32 Å². The fraction of sp³-hybridized carbons (Fsp3) is 0.429. The first-order valence-corrected chi connectivity index (χ1v) is 6.33. The molecule has 0 aliphatic carbocycles. The number of amides is 1. The Labute approximate surface area is 110 Å². The number of ether oxygens (including phenoxy) is 1. The summed E-state index contributed by atoms with van der Waals surface area (Å²) in [5.74, 6) is -2.28. The number of benzene rings is 1. The van der Waals surface area contributed by atoms with Crippen molar-refractivity contribution in [3.8, 4) is 0 Å². The summed E-state index contributed by atoms with van der Waals surface area (Å²) >= 11 is 0. The minimum Gasteiger partial charge on any atom is -0.465 e. The summed E-state index contributed by atoms with van der Waals surface area (Å²) in [6, 6.07) is 5.91. The van der Waals surface area contributed by atoms with Crippen molar-refractivity contribution >= 4 is 11.9 Å². The number of carbonyl (C=O) groups excluding carboxylic acids is 2. The number of piperidine rings is 1. The Hall–Kier alpha value is -1.91. The summed E-state index contributed by atoms with van der Waals surface area (Å²) in [6.45, 7) is 2.45. The highest BCUT2D eigenvalue weighted by molar-refractivity contribution is 5.99. The fourth-order valence-corrected chi connectivity index (χ4v) is 2.38. The number of rotatable bonds is 3. The highest BCUT2D eigenvalue weighted by Gasteiger charge is 2.39. The first kappa shape index (κ1) is 13.5. The van der Waals surface area contributed by atoms with Gasteiger partial charge in [0.2, 0.25) is 5.91 Å². The summed E-state index contributed by atoms with van der Waals surface area (Å²) in [6.07, 6.45) is 0.640. The topological polar surface area (TPSA) is 55.4 Å². The van der Waals surface area contributed by atoms with Crippen molar-refractivity contribution in [3.05, 3.63) is 35.6 Å². The smallest absolute Gasteiger partial charge is 0.319 e. The molecule has 0 spiro atoms. The maximum absolute atomic E-state index is 12.9. The van der Waals surface area contributed by atoms with Crippen LogP contribution in [0, 0.1) is 11.7 Å². The number of esters is 1. The highest BCUT2D eigenvalue weighted by atomic mass is 19.1. The van der Waals surface area contributed by atoms with Gasteiger partial charge in [-0.25, -0.2) is 4.39 Å². The molecule has 5 heteroatoms. The van der Waals surface area contributed by atoms with E-state index in [0.29, 0.717) is 13.0 Å². The Morgan fingerprint density at radius 1 is 1.42 bits per heavy atom. The molecule has 1 saturated heterocycles. The summed E-state index contributed by atoms with van der Waals surface area (Å²) < 4.78 is 17.9. The zero-order chi connectivity index (χ0) is 13.8. The molecular formula is C14H16FNO3. The van der Waals surface area contributed by atoms with Crippen LogP contribution >= 0.6 is 0 Å². The van der Waals surface area contributed by atoms with E-state index in [0.717, 1.165) is 5.56 Å². The van der Waals surface area contributed by atoms with Gasteiger partial charge in [-0.1, -0.05) is 12.1 Å². The standard InChI is InChI=1S/C14H16FNO3/c1-2-19-14(18)12-11(7-8-16-13(12)17)9-3-5-10(15)6-4-9/h3-6,11-12H,2,7-8H2,1H3,(H,16,17). The van der Waals surface area contributed by atoms with Gasteiger partial charge in [-0.15, -0.1) is 0 Å². The Bertz CT molecular complexity index is 472. The monoisotopic (exact) mass is 265 g/mol. The van der Waals surface area contributed by atoms with Gasteiger partial charge in [0.25, 0.3) is 0 Å². The number of nitrogens with one attached hydrogen (secondary N) is 1. The van der Waals surface area contributed by atoms with Crippen LogP contribution < -0.4 is 5.32 Å². The summed E-state index contributed by atoms with van der Waals surface area (Å²) in [4.78, 5) is 23.8. The van der Waals surface area contributed by atoms with E-state index in [1.807, 2.05) is 0 Å². The van der Waals surface area contributed by atoms with Crippen molar-refractivity contribution in [1.29, 1.82) is 0 Å². The van der Waals surface area contributed by atoms with Crippen molar-refractivity contribution in [2.75, 3.05) is 13.2 Å². The second kappa shape index (κ2) is 5.82. The van der Waals surface area contributed by atoms with Crippen LogP contribution in [0.3, 0.4) is 0 Å². The predicted molar refractivity (Wildman–Crippen MR) is 66.9 cm³/mol. The average Bonchev–Trinajstić information content (AvgIpc) is 2.39. The summed E-state index contributed by atoms with van der Waals surface area (Å²) in [7, 11) is 0. The molecular weight excluding hydrogens is 249 g/mol. The Morgan fingerprint density at radius 2 is 2.11 bits per heavy atom. The molecule has 1 fully saturated rings. The number of hydrogen-bond donors (Lipinski definition) is 1. The van der Waals surface area contributed by atoms with Crippen molar-refractivity contribution in [2.45, 2.75) is 19.3 Å². The molecule has 0 saturated carbocycles. The van der Waals surface area contributed by atoms with Crippen LogP contribution in [-0.2, 0) is 14.3 Å². The van der Waals surface area contributed by atoms with Crippen LogP contribution in [0.15, 0.2) is 24.3 Å². The largest absolute Gasteiger partial charge is 0.465 e. The Balaban J connectivity index is 2.27. The maximum atomic E-state index is 12.9. The van der Waals surface area contributed by atoms with Gasteiger partial charge in [-0.05, 0) is 31.0 Å². The van der Waals surface area contributed by atoms with Crippen LogP contribution in [0.1, 0.15) is 24.8 Å². The number of hydrogen-bond acceptors (Lipinski definition) is 3. The molecule has 1 aromatic rings. The van der Waals surface area contributed by atoms with E-state index in [2.05, 4.69) is 5.32 Å². The average molecular weight is 265 g/mol. The minimum atomic E-state index is -0.848. The van der Waals surface area contributed by atoms with Crippen LogP contribution in [-0.4, -0.2) is 25.0 Å². The van der Waals surface area contributed by atoms with Gasteiger partial charge in [-0.2, -0.15) is 0 Å². The van der Waals surface area contributed by atoms with E-state index in [-0.39, 0.29) is 24.2 Å². The molecule has 0 radical (unpaired) electrons. The Morgan fingerprint density at radius 3 is 2.74 bits per heavy atom. The second-order valence-electron chi connectivity index (χ2n) is 4.47. The summed E-state index contributed by atoms with van der Waals surface area (Å²) in [5, 5.41) is 2.67. The third kappa shape index (κ3) is 2.92. The molecule has 1 aliphatic rings. The first-order valence-electron chi connectivity index (χ1n) is 6.33. The van der Waals surface area contributed by atoms with Crippen LogP contribution in [0.5, 0.6) is 0 Å². The van der Waals surface area contributed by atoms with Gasteiger partial charge in [0, 0.05) is 12.5 Å². The van der Waals surface area contributed by atoms with Crippen LogP contribution in [0.2, 0.25) is 0 Å². The van der Waals surface area contributed by atoms with E-state index < -0.39 is 11.9 Å². The normalized spacial score (nSPS) is 22.7. The van der Waals surface area contributed by atoms with Crippen molar-refractivity contribution in [3.63, 3.8) is 0 Å². The summed E-state index contributed by atoms with van der Waals surface area (Å²) in [5.41, 5.74) is 0.786. The quantitative estimate of drug-likeness (QED) is 0.667. The van der Waals surface area contributed by atoms with Gasteiger partial charge >= 0.3 is 5.97 Å². The van der Waals surface area contributed by atoms with Gasteiger partial charge in [0.15, 0.2) is 0 Å². The number of halogens is 1. The third-order valence-corrected chi connectivity index (χ3v) is 3.28. The molecule has 2 unspecified atom stereocenters.